The van der Waals surface area contributed by atoms with Gasteiger partial charge in [0, 0.05) is 11.7 Å². The normalized spacial score (nSPS) is 16.7. The smallest absolute Gasteiger partial charge is 0.339 e. The highest BCUT2D eigenvalue weighted by Crippen LogP contribution is 2.21. The lowest BCUT2D eigenvalue weighted by Crippen LogP contribution is -2.35. The first-order valence-corrected chi connectivity index (χ1v) is 8.13. The number of nitrogens with one attached hydrogen (secondary N) is 2. The topological polar surface area (TPSA) is 71.2 Å². The summed E-state index contributed by atoms with van der Waals surface area (Å²) in [6.07, 6.45) is 8.21. The molecule has 1 amide bonds. The van der Waals surface area contributed by atoms with Crippen molar-refractivity contribution in [1.82, 2.24) is 10.3 Å². The van der Waals surface area contributed by atoms with Gasteiger partial charge in [-0.25, -0.2) is 4.79 Å². The van der Waals surface area contributed by atoms with E-state index in [0.717, 1.165) is 12.8 Å². The minimum atomic E-state index is -0.406. The number of carbonyl (C=O) groups excluding carboxylic acids is 2. The van der Waals surface area contributed by atoms with E-state index >= 15 is 0 Å². The number of aromatic nitrogens is 1. The van der Waals surface area contributed by atoms with E-state index in [9.17, 15) is 9.59 Å². The van der Waals surface area contributed by atoms with Crippen LogP contribution >= 0.6 is 0 Å². The molecule has 2 N–H and O–H groups in total. The van der Waals surface area contributed by atoms with E-state index in [4.69, 9.17) is 4.74 Å². The molecule has 1 heterocycles. The number of hydrogen-bond acceptors (Lipinski definition) is 3. The van der Waals surface area contributed by atoms with Crippen LogP contribution in [0.25, 0.3) is 0 Å². The summed E-state index contributed by atoms with van der Waals surface area (Å²) in [4.78, 5) is 27.3. The van der Waals surface area contributed by atoms with Gasteiger partial charge in [-0.1, -0.05) is 32.1 Å². The zero-order chi connectivity index (χ0) is 16.1. The molecule has 0 unspecified atom stereocenters. The van der Waals surface area contributed by atoms with Crippen LogP contribution in [0.1, 0.15) is 77.0 Å². The minimum Gasteiger partial charge on any atom is -0.465 e. The van der Waals surface area contributed by atoms with Crippen LogP contribution in [0, 0.1) is 13.8 Å². The fraction of sp³-hybridized carbons (Fsp3) is 0.647. The molecule has 0 aromatic carbocycles. The third-order valence-corrected chi connectivity index (χ3v) is 4.49. The number of aromatic amines is 1. The van der Waals surface area contributed by atoms with E-state index in [-0.39, 0.29) is 11.9 Å². The third-order valence-electron chi connectivity index (χ3n) is 4.49. The summed E-state index contributed by atoms with van der Waals surface area (Å²) in [5, 5.41) is 3.12. The molecule has 0 bridgehead atoms. The summed E-state index contributed by atoms with van der Waals surface area (Å²) in [5.41, 5.74) is 2.27. The number of ether oxygens (including phenoxy) is 1. The van der Waals surface area contributed by atoms with E-state index in [1.54, 1.807) is 13.8 Å². The van der Waals surface area contributed by atoms with E-state index in [2.05, 4.69) is 10.3 Å². The molecule has 22 heavy (non-hydrogen) atoms. The molecule has 1 fully saturated rings. The van der Waals surface area contributed by atoms with Gasteiger partial charge in [-0.05, 0) is 32.3 Å². The van der Waals surface area contributed by atoms with Crippen molar-refractivity contribution in [1.29, 1.82) is 0 Å². The van der Waals surface area contributed by atoms with Crippen molar-refractivity contribution in [3.05, 3.63) is 22.5 Å². The molecule has 1 aromatic heterocycles. The molecule has 0 aliphatic heterocycles. The lowest BCUT2D eigenvalue weighted by atomic mass is 9.96. The lowest BCUT2D eigenvalue weighted by Gasteiger charge is -2.20. The first-order valence-electron chi connectivity index (χ1n) is 8.13. The molecule has 0 saturated heterocycles. The van der Waals surface area contributed by atoms with Crippen LogP contribution in [-0.4, -0.2) is 30.0 Å². The van der Waals surface area contributed by atoms with Crippen LogP contribution in [0.2, 0.25) is 0 Å². The van der Waals surface area contributed by atoms with Gasteiger partial charge < -0.3 is 15.0 Å². The standard InChI is InChI=1S/C17H26N2O3/c1-11-14(17(21)22-3)12(2)18-15(11)16(20)19-13-9-7-5-4-6-8-10-13/h13,18H,4-10H2,1-3H3,(H,19,20). The number of amides is 1. The maximum absolute atomic E-state index is 12.5. The predicted molar refractivity (Wildman–Crippen MR) is 85.2 cm³/mol. The molecular formula is C17H26N2O3. The molecule has 5 nitrogen and oxygen atoms in total. The number of H-pyrrole nitrogens is 1. The van der Waals surface area contributed by atoms with Crippen LogP contribution in [0.15, 0.2) is 0 Å². The van der Waals surface area contributed by atoms with E-state index in [0.29, 0.717) is 22.5 Å². The van der Waals surface area contributed by atoms with Gasteiger partial charge in [-0.15, -0.1) is 0 Å². The Balaban J connectivity index is 2.10. The van der Waals surface area contributed by atoms with E-state index in [1.807, 2.05) is 0 Å². The molecule has 122 valence electrons. The second-order valence-electron chi connectivity index (χ2n) is 6.13. The average Bonchev–Trinajstić information content (AvgIpc) is 2.76. The predicted octanol–water partition coefficient (Wildman–Crippen LogP) is 3.26. The van der Waals surface area contributed by atoms with Crippen LogP contribution in [0.4, 0.5) is 0 Å². The number of esters is 1. The maximum Gasteiger partial charge on any atom is 0.339 e. The fourth-order valence-electron chi connectivity index (χ4n) is 3.24. The fourth-order valence-corrected chi connectivity index (χ4v) is 3.24. The second-order valence-corrected chi connectivity index (χ2v) is 6.13. The Labute approximate surface area is 131 Å². The summed E-state index contributed by atoms with van der Waals surface area (Å²) in [6, 6.07) is 0.234. The van der Waals surface area contributed by atoms with Gasteiger partial charge in [0.15, 0.2) is 0 Å². The van der Waals surface area contributed by atoms with Gasteiger partial charge in [0.1, 0.15) is 5.69 Å². The summed E-state index contributed by atoms with van der Waals surface area (Å²) in [7, 11) is 1.35. The molecule has 5 heteroatoms. The monoisotopic (exact) mass is 306 g/mol. The highest BCUT2D eigenvalue weighted by atomic mass is 16.5. The zero-order valence-corrected chi connectivity index (χ0v) is 13.8. The first kappa shape index (κ1) is 16.6. The van der Waals surface area contributed by atoms with E-state index in [1.165, 1.54) is 39.2 Å². The Hall–Kier alpha value is -1.78. The largest absolute Gasteiger partial charge is 0.465 e. The Morgan fingerprint density at radius 2 is 1.68 bits per heavy atom. The lowest BCUT2D eigenvalue weighted by molar-refractivity contribution is 0.0599. The average molecular weight is 306 g/mol. The van der Waals surface area contributed by atoms with Crippen molar-refractivity contribution in [2.24, 2.45) is 0 Å². The summed E-state index contributed by atoms with van der Waals surface area (Å²) < 4.78 is 4.78. The Kier molecular flexibility index (Phi) is 5.63. The van der Waals surface area contributed by atoms with Gasteiger partial charge in [0.25, 0.3) is 5.91 Å². The molecule has 0 spiro atoms. The van der Waals surface area contributed by atoms with Crippen molar-refractivity contribution in [2.45, 2.75) is 64.8 Å². The van der Waals surface area contributed by atoms with Crippen molar-refractivity contribution in [2.75, 3.05) is 7.11 Å². The molecular weight excluding hydrogens is 280 g/mol. The molecule has 0 atom stereocenters. The number of aryl methyl sites for hydroxylation is 1. The number of hydrogen-bond donors (Lipinski definition) is 2. The molecule has 2 rings (SSSR count). The Bertz CT molecular complexity index is 540. The summed E-state index contributed by atoms with van der Waals surface area (Å²) in [5.74, 6) is -0.530. The molecule has 1 saturated carbocycles. The Morgan fingerprint density at radius 1 is 1.09 bits per heavy atom. The zero-order valence-electron chi connectivity index (χ0n) is 13.8. The third kappa shape index (κ3) is 3.70. The SMILES string of the molecule is COC(=O)c1c(C)[nH]c(C(=O)NC2CCCCCCC2)c1C. The number of rotatable bonds is 3. The van der Waals surface area contributed by atoms with Gasteiger partial charge in [-0.3, -0.25) is 4.79 Å². The molecule has 0 radical (unpaired) electrons. The molecule has 1 aliphatic carbocycles. The van der Waals surface area contributed by atoms with Crippen molar-refractivity contribution >= 4 is 11.9 Å². The summed E-state index contributed by atoms with van der Waals surface area (Å²) in [6.45, 7) is 3.56. The van der Waals surface area contributed by atoms with Crippen LogP contribution in [0.3, 0.4) is 0 Å². The highest BCUT2D eigenvalue weighted by Gasteiger charge is 2.24. The van der Waals surface area contributed by atoms with Crippen molar-refractivity contribution in [3.8, 4) is 0 Å². The quantitative estimate of drug-likeness (QED) is 0.842. The molecule has 1 aliphatic rings. The number of methoxy groups -OCH3 is 1. The van der Waals surface area contributed by atoms with Crippen LogP contribution in [-0.2, 0) is 4.74 Å². The first-order chi connectivity index (χ1) is 10.5. The van der Waals surface area contributed by atoms with Crippen molar-refractivity contribution < 1.29 is 14.3 Å². The van der Waals surface area contributed by atoms with Gasteiger partial charge in [-0.2, -0.15) is 0 Å². The van der Waals surface area contributed by atoms with Crippen molar-refractivity contribution in [3.63, 3.8) is 0 Å². The van der Waals surface area contributed by atoms with Gasteiger partial charge >= 0.3 is 5.97 Å². The number of carbonyl (C=O) groups is 2. The van der Waals surface area contributed by atoms with E-state index < -0.39 is 5.97 Å². The summed E-state index contributed by atoms with van der Waals surface area (Å²) >= 11 is 0. The minimum absolute atomic E-state index is 0.124. The van der Waals surface area contributed by atoms with Crippen LogP contribution in [0.5, 0.6) is 0 Å². The van der Waals surface area contributed by atoms with Gasteiger partial charge in [0.05, 0.1) is 12.7 Å². The second kappa shape index (κ2) is 7.47. The maximum atomic E-state index is 12.5. The Morgan fingerprint density at radius 3 is 2.27 bits per heavy atom. The van der Waals surface area contributed by atoms with Gasteiger partial charge in [0.2, 0.25) is 0 Å². The highest BCUT2D eigenvalue weighted by molar-refractivity contribution is 6.00. The van der Waals surface area contributed by atoms with Crippen LogP contribution < -0.4 is 5.32 Å². The molecule has 1 aromatic rings.